The van der Waals surface area contributed by atoms with E-state index in [9.17, 15) is 17.2 Å². The number of hydrogen-bond acceptors (Lipinski definition) is 3. The minimum Gasteiger partial charge on any atom is -0.392 e. The number of hydrogen-bond donors (Lipinski definition) is 2. The van der Waals surface area contributed by atoms with Gasteiger partial charge in [-0.1, -0.05) is 0 Å². The van der Waals surface area contributed by atoms with Crippen LogP contribution in [0.3, 0.4) is 0 Å². The molecule has 4 nitrogen and oxygen atoms in total. The normalized spacial score (nSPS) is 12.1. The van der Waals surface area contributed by atoms with Crippen LogP contribution in [-0.4, -0.2) is 19.6 Å². The summed E-state index contributed by atoms with van der Waals surface area (Å²) in [5, 5.41) is 8.82. The van der Waals surface area contributed by atoms with Gasteiger partial charge in [-0.2, -0.15) is 0 Å². The summed E-state index contributed by atoms with van der Waals surface area (Å²) in [5.41, 5.74) is -0.00645. The first-order valence-electron chi connectivity index (χ1n) is 4.89. The van der Waals surface area contributed by atoms with Crippen molar-refractivity contribution in [1.82, 2.24) is 4.72 Å². The van der Waals surface area contributed by atoms with Crippen LogP contribution < -0.4 is 4.72 Å². The maximum absolute atomic E-state index is 13.4. The fourth-order valence-electron chi connectivity index (χ4n) is 1.28. The van der Waals surface area contributed by atoms with E-state index >= 15 is 0 Å². The summed E-state index contributed by atoms with van der Waals surface area (Å²) < 4.78 is 52.0. The van der Waals surface area contributed by atoms with Crippen LogP contribution in [0.4, 0.5) is 8.78 Å². The third kappa shape index (κ3) is 3.21. The molecule has 0 atom stereocenters. The van der Waals surface area contributed by atoms with E-state index in [1.54, 1.807) is 13.8 Å². The zero-order valence-electron chi connectivity index (χ0n) is 9.37. The first-order valence-corrected chi connectivity index (χ1v) is 6.37. The smallest absolute Gasteiger partial charge is 0.243 e. The van der Waals surface area contributed by atoms with Gasteiger partial charge in [-0.25, -0.2) is 21.9 Å². The van der Waals surface area contributed by atoms with Crippen LogP contribution in [0, 0.1) is 11.6 Å². The highest BCUT2D eigenvalue weighted by Crippen LogP contribution is 2.20. The molecule has 0 bridgehead atoms. The third-order valence-electron chi connectivity index (χ3n) is 1.92. The lowest BCUT2D eigenvalue weighted by Crippen LogP contribution is -2.31. The Morgan fingerprint density at radius 3 is 2.41 bits per heavy atom. The van der Waals surface area contributed by atoms with Crippen LogP contribution in [-0.2, 0) is 16.6 Å². The molecule has 1 aromatic carbocycles. The summed E-state index contributed by atoms with van der Waals surface area (Å²) in [7, 11) is -4.12. The predicted molar refractivity (Wildman–Crippen MR) is 57.7 cm³/mol. The minimum atomic E-state index is -4.12. The lowest BCUT2D eigenvalue weighted by atomic mass is 10.2. The molecule has 0 saturated carbocycles. The van der Waals surface area contributed by atoms with Crippen molar-refractivity contribution < 1.29 is 22.3 Å². The van der Waals surface area contributed by atoms with Gasteiger partial charge >= 0.3 is 0 Å². The summed E-state index contributed by atoms with van der Waals surface area (Å²) in [6, 6.07) is 1.22. The van der Waals surface area contributed by atoms with E-state index in [0.29, 0.717) is 0 Å². The molecule has 0 aliphatic heterocycles. The average molecular weight is 265 g/mol. The highest BCUT2D eigenvalue weighted by Gasteiger charge is 2.23. The second kappa shape index (κ2) is 5.07. The summed E-state index contributed by atoms with van der Waals surface area (Å²) in [6.07, 6.45) is 0. The van der Waals surface area contributed by atoms with Crippen molar-refractivity contribution in [3.63, 3.8) is 0 Å². The van der Waals surface area contributed by atoms with Gasteiger partial charge in [0.2, 0.25) is 10.0 Å². The fourth-order valence-corrected chi connectivity index (χ4v) is 2.67. The van der Waals surface area contributed by atoms with Crippen molar-refractivity contribution >= 4 is 10.0 Å². The maximum atomic E-state index is 13.4. The van der Waals surface area contributed by atoms with Gasteiger partial charge in [0.1, 0.15) is 4.90 Å². The van der Waals surface area contributed by atoms with E-state index < -0.39 is 39.2 Å². The summed E-state index contributed by atoms with van der Waals surface area (Å²) in [5.74, 6) is -2.75. The zero-order chi connectivity index (χ0) is 13.2. The standard InChI is InChI=1S/C10H13F2NO3S/c1-6(2)13-17(15,16)9-4-7(5-14)3-8(11)10(9)12/h3-4,6,13-14H,5H2,1-2H3. The summed E-state index contributed by atoms with van der Waals surface area (Å²) in [4.78, 5) is -0.796. The van der Waals surface area contributed by atoms with E-state index in [1.165, 1.54) is 0 Å². The highest BCUT2D eigenvalue weighted by atomic mass is 32.2. The molecule has 0 aliphatic rings. The Bertz CT molecular complexity index is 515. The fraction of sp³-hybridized carbons (Fsp3) is 0.400. The molecule has 96 valence electrons. The molecule has 0 heterocycles. The van der Waals surface area contributed by atoms with E-state index in [0.717, 1.165) is 12.1 Å². The molecule has 0 unspecified atom stereocenters. The highest BCUT2D eigenvalue weighted by molar-refractivity contribution is 7.89. The summed E-state index contributed by atoms with van der Waals surface area (Å²) >= 11 is 0. The third-order valence-corrected chi connectivity index (χ3v) is 3.58. The number of nitrogens with one attached hydrogen (secondary N) is 1. The second-order valence-corrected chi connectivity index (χ2v) is 5.51. The first-order chi connectivity index (χ1) is 7.77. The zero-order valence-corrected chi connectivity index (χ0v) is 10.2. The van der Waals surface area contributed by atoms with Crippen LogP contribution >= 0.6 is 0 Å². The van der Waals surface area contributed by atoms with Crippen LogP contribution in [0.25, 0.3) is 0 Å². The lowest BCUT2D eigenvalue weighted by Gasteiger charge is -2.11. The Labute approximate surface area is 98.3 Å². The van der Waals surface area contributed by atoms with Crippen molar-refractivity contribution in [2.24, 2.45) is 0 Å². The molecular weight excluding hydrogens is 252 g/mol. The van der Waals surface area contributed by atoms with Gasteiger partial charge in [0.15, 0.2) is 11.6 Å². The molecular formula is C10H13F2NO3S. The number of aliphatic hydroxyl groups excluding tert-OH is 1. The van der Waals surface area contributed by atoms with Gasteiger partial charge in [0.05, 0.1) is 6.61 Å². The van der Waals surface area contributed by atoms with Gasteiger partial charge in [0.25, 0.3) is 0 Å². The Balaban J connectivity index is 3.35. The van der Waals surface area contributed by atoms with Gasteiger partial charge in [-0.05, 0) is 31.5 Å². The maximum Gasteiger partial charge on any atom is 0.243 e. The molecule has 1 rings (SSSR count). The van der Waals surface area contributed by atoms with Crippen molar-refractivity contribution in [3.05, 3.63) is 29.3 Å². The monoisotopic (exact) mass is 265 g/mol. The molecule has 0 amide bonds. The molecule has 0 saturated heterocycles. The van der Waals surface area contributed by atoms with Crippen LogP contribution in [0.1, 0.15) is 19.4 Å². The van der Waals surface area contributed by atoms with Crippen LogP contribution in [0.2, 0.25) is 0 Å². The topological polar surface area (TPSA) is 66.4 Å². The Morgan fingerprint density at radius 1 is 1.35 bits per heavy atom. The molecule has 0 aliphatic carbocycles. The molecule has 17 heavy (non-hydrogen) atoms. The first kappa shape index (κ1) is 14.0. The van der Waals surface area contributed by atoms with E-state index in [1.807, 2.05) is 0 Å². The van der Waals surface area contributed by atoms with Crippen LogP contribution in [0.15, 0.2) is 17.0 Å². The Kier molecular flexibility index (Phi) is 4.18. The quantitative estimate of drug-likeness (QED) is 0.858. The molecule has 0 radical (unpaired) electrons. The summed E-state index contributed by atoms with van der Waals surface area (Å²) in [6.45, 7) is 2.55. The van der Waals surface area contributed by atoms with Crippen LogP contribution in [0.5, 0.6) is 0 Å². The van der Waals surface area contributed by atoms with Crippen molar-refractivity contribution in [2.75, 3.05) is 0 Å². The molecule has 2 N–H and O–H groups in total. The number of halogens is 2. The van der Waals surface area contributed by atoms with Gasteiger partial charge in [0, 0.05) is 6.04 Å². The second-order valence-electron chi connectivity index (χ2n) is 3.82. The van der Waals surface area contributed by atoms with Crippen molar-refractivity contribution in [2.45, 2.75) is 31.4 Å². The number of sulfonamides is 1. The van der Waals surface area contributed by atoms with E-state index in [-0.39, 0.29) is 5.56 Å². The molecule has 0 spiro atoms. The Hall–Kier alpha value is -1.05. The molecule has 7 heteroatoms. The van der Waals surface area contributed by atoms with E-state index in [2.05, 4.69) is 4.72 Å². The SMILES string of the molecule is CC(C)NS(=O)(=O)c1cc(CO)cc(F)c1F. The molecule has 0 aromatic heterocycles. The number of benzene rings is 1. The number of aliphatic hydroxyl groups is 1. The van der Waals surface area contributed by atoms with Gasteiger partial charge in [-0.15, -0.1) is 0 Å². The average Bonchev–Trinajstić information content (AvgIpc) is 2.19. The van der Waals surface area contributed by atoms with E-state index in [4.69, 9.17) is 5.11 Å². The van der Waals surface area contributed by atoms with Gasteiger partial charge in [-0.3, -0.25) is 0 Å². The van der Waals surface area contributed by atoms with Gasteiger partial charge < -0.3 is 5.11 Å². The minimum absolute atomic E-state index is 0.00645. The van der Waals surface area contributed by atoms with Crippen molar-refractivity contribution in [3.8, 4) is 0 Å². The molecule has 1 aromatic rings. The predicted octanol–water partition coefficient (Wildman–Crippen LogP) is 1.14. The van der Waals surface area contributed by atoms with Crippen molar-refractivity contribution in [1.29, 1.82) is 0 Å². The largest absolute Gasteiger partial charge is 0.392 e. The number of rotatable bonds is 4. The lowest BCUT2D eigenvalue weighted by molar-refractivity contribution is 0.280. The molecule has 0 fully saturated rings. The Morgan fingerprint density at radius 2 is 1.94 bits per heavy atom.